The molecule has 0 bridgehead atoms. The van der Waals surface area contributed by atoms with Crippen molar-refractivity contribution in [2.24, 2.45) is 5.92 Å². The Balaban J connectivity index is 1.55. The van der Waals surface area contributed by atoms with Gasteiger partial charge in [-0.2, -0.15) is 0 Å². The van der Waals surface area contributed by atoms with Crippen molar-refractivity contribution in [1.82, 2.24) is 0 Å². The number of benzene rings is 2. The molecule has 1 saturated carbocycles. The first-order chi connectivity index (χ1) is 12.1. The van der Waals surface area contributed by atoms with Crippen LogP contribution in [0.15, 0.2) is 48.2 Å². The Morgan fingerprint density at radius 2 is 1.84 bits per heavy atom. The van der Waals surface area contributed by atoms with Crippen LogP contribution in [0.3, 0.4) is 0 Å². The zero-order chi connectivity index (χ0) is 17.4. The predicted molar refractivity (Wildman–Crippen MR) is 90.7 cm³/mol. The molecule has 0 spiro atoms. The van der Waals surface area contributed by atoms with Gasteiger partial charge in [0.2, 0.25) is 5.78 Å². The standard InChI is InChI=1S/C20H16O5/c1-23-14-6-2-12(3-7-14)10-18-19(21)16-9-8-15(11-17(16)25-18)24-20(22)13-4-5-13/h2-3,6-11,13H,4-5H2,1H3/b18-10-. The van der Waals surface area contributed by atoms with E-state index in [-0.39, 0.29) is 23.4 Å². The second-order valence-electron chi connectivity index (χ2n) is 6.07. The van der Waals surface area contributed by atoms with Crippen molar-refractivity contribution in [2.75, 3.05) is 7.11 Å². The number of ether oxygens (including phenoxy) is 3. The van der Waals surface area contributed by atoms with E-state index in [0.29, 0.717) is 17.1 Å². The summed E-state index contributed by atoms with van der Waals surface area (Å²) in [6.07, 6.45) is 3.44. The van der Waals surface area contributed by atoms with Gasteiger partial charge in [-0.3, -0.25) is 9.59 Å². The SMILES string of the molecule is COc1ccc(/C=C2\Oc3cc(OC(=O)C4CC4)ccc3C2=O)cc1. The van der Waals surface area contributed by atoms with Crippen LogP contribution in [-0.4, -0.2) is 18.9 Å². The molecule has 1 heterocycles. The Morgan fingerprint density at radius 3 is 2.52 bits per heavy atom. The van der Waals surface area contributed by atoms with Crippen molar-refractivity contribution in [1.29, 1.82) is 0 Å². The largest absolute Gasteiger partial charge is 0.497 e. The molecule has 0 saturated heterocycles. The smallest absolute Gasteiger partial charge is 0.314 e. The second-order valence-corrected chi connectivity index (χ2v) is 6.07. The fourth-order valence-corrected chi connectivity index (χ4v) is 2.60. The topological polar surface area (TPSA) is 61.8 Å². The van der Waals surface area contributed by atoms with Crippen LogP contribution in [0.5, 0.6) is 17.2 Å². The molecule has 0 radical (unpaired) electrons. The lowest BCUT2D eigenvalue weighted by Gasteiger charge is -2.04. The van der Waals surface area contributed by atoms with Gasteiger partial charge in [0.25, 0.3) is 0 Å². The summed E-state index contributed by atoms with van der Waals surface area (Å²) in [7, 11) is 1.60. The maximum atomic E-state index is 12.5. The average Bonchev–Trinajstić information content (AvgIpc) is 3.42. The molecular weight excluding hydrogens is 320 g/mol. The van der Waals surface area contributed by atoms with Crippen LogP contribution in [0.1, 0.15) is 28.8 Å². The van der Waals surface area contributed by atoms with Crippen molar-refractivity contribution >= 4 is 17.8 Å². The monoisotopic (exact) mass is 336 g/mol. The highest BCUT2D eigenvalue weighted by molar-refractivity contribution is 6.14. The minimum absolute atomic E-state index is 0.0151. The Morgan fingerprint density at radius 1 is 1.12 bits per heavy atom. The highest BCUT2D eigenvalue weighted by atomic mass is 16.5. The fourth-order valence-electron chi connectivity index (χ4n) is 2.60. The van der Waals surface area contributed by atoms with Crippen LogP contribution in [0.2, 0.25) is 0 Å². The molecule has 1 aliphatic carbocycles. The molecular formula is C20H16O5. The van der Waals surface area contributed by atoms with Crippen LogP contribution in [0.25, 0.3) is 6.08 Å². The van der Waals surface area contributed by atoms with E-state index in [1.165, 1.54) is 0 Å². The molecule has 1 fully saturated rings. The van der Waals surface area contributed by atoms with E-state index in [0.717, 1.165) is 24.2 Å². The van der Waals surface area contributed by atoms with Crippen molar-refractivity contribution in [3.05, 3.63) is 59.4 Å². The highest BCUT2D eigenvalue weighted by Gasteiger charge is 2.32. The molecule has 4 rings (SSSR count). The lowest BCUT2D eigenvalue weighted by Crippen LogP contribution is -2.09. The summed E-state index contributed by atoms with van der Waals surface area (Å²) in [5.74, 6) is 1.39. The third-order valence-corrected chi connectivity index (χ3v) is 4.18. The van der Waals surface area contributed by atoms with Crippen molar-refractivity contribution in [3.8, 4) is 17.2 Å². The fraction of sp³-hybridized carbons (Fsp3) is 0.200. The summed E-state index contributed by atoms with van der Waals surface area (Å²) in [5.41, 5.74) is 1.29. The predicted octanol–water partition coefficient (Wildman–Crippen LogP) is 3.63. The minimum Gasteiger partial charge on any atom is -0.497 e. The van der Waals surface area contributed by atoms with Gasteiger partial charge in [0.05, 0.1) is 18.6 Å². The summed E-state index contributed by atoms with van der Waals surface area (Å²) < 4.78 is 16.1. The van der Waals surface area contributed by atoms with Crippen molar-refractivity contribution in [2.45, 2.75) is 12.8 Å². The van der Waals surface area contributed by atoms with Gasteiger partial charge in [0.1, 0.15) is 17.2 Å². The Labute approximate surface area is 144 Å². The lowest BCUT2D eigenvalue weighted by atomic mass is 10.1. The Bertz CT molecular complexity index is 875. The van der Waals surface area contributed by atoms with Crippen molar-refractivity contribution in [3.63, 3.8) is 0 Å². The molecule has 5 nitrogen and oxygen atoms in total. The molecule has 0 atom stereocenters. The van der Waals surface area contributed by atoms with Crippen LogP contribution in [0, 0.1) is 5.92 Å². The maximum absolute atomic E-state index is 12.5. The summed E-state index contributed by atoms with van der Waals surface area (Å²) >= 11 is 0. The Kier molecular flexibility index (Phi) is 3.76. The van der Waals surface area contributed by atoms with E-state index < -0.39 is 0 Å². The first kappa shape index (κ1) is 15.4. The quantitative estimate of drug-likeness (QED) is 0.485. The van der Waals surface area contributed by atoms with Gasteiger partial charge in [-0.25, -0.2) is 0 Å². The zero-order valence-corrected chi connectivity index (χ0v) is 13.7. The summed E-state index contributed by atoms with van der Waals surface area (Å²) in [6, 6.07) is 12.1. The number of esters is 1. The number of rotatable bonds is 4. The summed E-state index contributed by atoms with van der Waals surface area (Å²) in [5, 5.41) is 0. The van der Waals surface area contributed by atoms with Crippen LogP contribution in [-0.2, 0) is 4.79 Å². The van der Waals surface area contributed by atoms with Gasteiger partial charge in [-0.1, -0.05) is 12.1 Å². The number of hydrogen-bond donors (Lipinski definition) is 0. The maximum Gasteiger partial charge on any atom is 0.314 e. The first-order valence-corrected chi connectivity index (χ1v) is 8.08. The number of ketones is 1. The molecule has 0 N–H and O–H groups in total. The molecule has 2 aromatic carbocycles. The van der Waals surface area contributed by atoms with E-state index in [1.807, 2.05) is 24.3 Å². The van der Waals surface area contributed by atoms with Crippen LogP contribution in [0.4, 0.5) is 0 Å². The number of carbonyl (C=O) groups is 2. The van der Waals surface area contributed by atoms with Crippen LogP contribution >= 0.6 is 0 Å². The molecule has 0 amide bonds. The molecule has 2 aromatic rings. The molecule has 0 aromatic heterocycles. The average molecular weight is 336 g/mol. The van der Waals surface area contributed by atoms with Gasteiger partial charge >= 0.3 is 5.97 Å². The van der Waals surface area contributed by atoms with E-state index >= 15 is 0 Å². The number of Topliss-reactive ketones (excluding diaryl/α,β-unsaturated/α-hetero) is 1. The first-order valence-electron chi connectivity index (χ1n) is 8.08. The summed E-state index contributed by atoms with van der Waals surface area (Å²) in [4.78, 5) is 24.2. The second kappa shape index (κ2) is 6.09. The normalized spacial score (nSPS) is 17.2. The van der Waals surface area contributed by atoms with Gasteiger partial charge in [-0.05, 0) is 48.7 Å². The van der Waals surface area contributed by atoms with E-state index in [1.54, 1.807) is 31.4 Å². The van der Waals surface area contributed by atoms with E-state index in [9.17, 15) is 9.59 Å². The molecule has 0 unspecified atom stereocenters. The summed E-state index contributed by atoms with van der Waals surface area (Å²) in [6.45, 7) is 0. The number of methoxy groups -OCH3 is 1. The number of hydrogen-bond acceptors (Lipinski definition) is 5. The lowest BCUT2D eigenvalue weighted by molar-refractivity contribution is -0.135. The number of fused-ring (bicyclic) bond motifs is 1. The molecule has 126 valence electrons. The minimum atomic E-state index is -0.224. The zero-order valence-electron chi connectivity index (χ0n) is 13.7. The number of carbonyl (C=O) groups excluding carboxylic acids is 2. The van der Waals surface area contributed by atoms with E-state index in [4.69, 9.17) is 14.2 Å². The van der Waals surface area contributed by atoms with Gasteiger partial charge < -0.3 is 14.2 Å². The van der Waals surface area contributed by atoms with Crippen molar-refractivity contribution < 1.29 is 23.8 Å². The Hall–Kier alpha value is -3.08. The molecule has 2 aliphatic rings. The highest BCUT2D eigenvalue weighted by Crippen LogP contribution is 2.36. The van der Waals surface area contributed by atoms with Gasteiger partial charge in [0.15, 0.2) is 5.76 Å². The van der Waals surface area contributed by atoms with Gasteiger partial charge in [-0.15, -0.1) is 0 Å². The third kappa shape index (κ3) is 3.13. The van der Waals surface area contributed by atoms with Crippen LogP contribution < -0.4 is 14.2 Å². The number of allylic oxidation sites excluding steroid dienone is 1. The van der Waals surface area contributed by atoms with E-state index in [2.05, 4.69) is 0 Å². The molecule has 1 aliphatic heterocycles. The van der Waals surface area contributed by atoms with Gasteiger partial charge in [0, 0.05) is 6.07 Å². The third-order valence-electron chi connectivity index (χ3n) is 4.18. The molecule has 5 heteroatoms. The molecule has 25 heavy (non-hydrogen) atoms.